The monoisotopic (exact) mass is 259 g/mol. The van der Waals surface area contributed by atoms with Crippen molar-refractivity contribution in [1.29, 1.82) is 0 Å². The van der Waals surface area contributed by atoms with Crippen LogP contribution in [0, 0.1) is 0 Å². The minimum absolute atomic E-state index is 0.0725. The van der Waals surface area contributed by atoms with E-state index in [4.69, 9.17) is 4.74 Å². The van der Waals surface area contributed by atoms with Crippen molar-refractivity contribution in [2.45, 2.75) is 33.1 Å². The van der Waals surface area contributed by atoms with Crippen LogP contribution >= 0.6 is 15.9 Å². The summed E-state index contributed by atoms with van der Waals surface area (Å²) in [5, 5.41) is 0. The lowest BCUT2D eigenvalue weighted by molar-refractivity contribution is -0.0446. The first kappa shape index (κ1) is 11.5. The fourth-order valence-electron chi connectivity index (χ4n) is 0.872. The van der Waals surface area contributed by atoms with Crippen molar-refractivity contribution in [1.82, 2.24) is 4.57 Å². The van der Waals surface area contributed by atoms with Crippen LogP contribution in [0.4, 0.5) is 0 Å². The zero-order valence-corrected chi connectivity index (χ0v) is 10.2. The summed E-state index contributed by atoms with van der Waals surface area (Å²) in [6, 6.07) is 3.52. The van der Waals surface area contributed by atoms with Gasteiger partial charge in [0.1, 0.15) is 6.73 Å². The quantitative estimate of drug-likeness (QED) is 0.817. The van der Waals surface area contributed by atoms with E-state index in [1.54, 1.807) is 18.3 Å². The van der Waals surface area contributed by atoms with Crippen LogP contribution < -0.4 is 5.56 Å². The molecule has 3 nitrogen and oxygen atoms in total. The van der Waals surface area contributed by atoms with Crippen LogP contribution in [0.2, 0.25) is 0 Å². The number of pyridine rings is 1. The van der Waals surface area contributed by atoms with Crippen LogP contribution in [0.15, 0.2) is 27.6 Å². The number of halogens is 1. The van der Waals surface area contributed by atoms with Crippen LogP contribution in [0.25, 0.3) is 0 Å². The fraction of sp³-hybridized carbons (Fsp3) is 0.500. The van der Waals surface area contributed by atoms with Gasteiger partial charge >= 0.3 is 0 Å². The summed E-state index contributed by atoms with van der Waals surface area (Å²) in [6.07, 6.45) is 1.71. The fourth-order valence-corrected chi connectivity index (χ4v) is 1.25. The smallest absolute Gasteiger partial charge is 0.266 e. The second kappa shape index (κ2) is 4.28. The lowest BCUT2D eigenvalue weighted by Gasteiger charge is -2.20. The molecular weight excluding hydrogens is 246 g/mol. The maximum Gasteiger partial charge on any atom is 0.266 e. The van der Waals surface area contributed by atoms with Gasteiger partial charge in [-0.25, -0.2) is 0 Å². The van der Waals surface area contributed by atoms with E-state index >= 15 is 0 Å². The van der Waals surface area contributed by atoms with E-state index in [0.717, 1.165) is 0 Å². The number of aromatic nitrogens is 1. The van der Waals surface area contributed by atoms with Crippen molar-refractivity contribution >= 4 is 15.9 Å². The third kappa shape index (κ3) is 3.27. The van der Waals surface area contributed by atoms with E-state index in [-0.39, 0.29) is 17.9 Å². The molecule has 0 aliphatic heterocycles. The maximum atomic E-state index is 11.5. The lowest BCUT2D eigenvalue weighted by atomic mass is 10.2. The molecule has 1 aromatic rings. The van der Waals surface area contributed by atoms with Crippen molar-refractivity contribution < 1.29 is 4.74 Å². The van der Waals surface area contributed by atoms with Crippen LogP contribution in [0.3, 0.4) is 0 Å². The van der Waals surface area contributed by atoms with E-state index in [0.29, 0.717) is 4.47 Å². The van der Waals surface area contributed by atoms with Gasteiger partial charge in [-0.2, -0.15) is 0 Å². The van der Waals surface area contributed by atoms with Crippen molar-refractivity contribution in [2.75, 3.05) is 0 Å². The van der Waals surface area contributed by atoms with Gasteiger partial charge in [-0.3, -0.25) is 9.36 Å². The Labute approximate surface area is 91.8 Å². The Morgan fingerprint density at radius 2 is 2.14 bits per heavy atom. The molecule has 0 radical (unpaired) electrons. The summed E-state index contributed by atoms with van der Waals surface area (Å²) in [5.41, 5.74) is -0.307. The van der Waals surface area contributed by atoms with Crippen LogP contribution in [0.1, 0.15) is 20.8 Å². The van der Waals surface area contributed by atoms with Gasteiger partial charge in [-0.15, -0.1) is 0 Å². The van der Waals surface area contributed by atoms with Crippen LogP contribution in [-0.2, 0) is 11.5 Å². The maximum absolute atomic E-state index is 11.5. The van der Waals surface area contributed by atoms with Crippen LogP contribution in [0.5, 0.6) is 0 Å². The zero-order chi connectivity index (χ0) is 10.8. The van der Waals surface area contributed by atoms with Gasteiger partial charge < -0.3 is 4.74 Å². The van der Waals surface area contributed by atoms with Gasteiger partial charge in [-0.1, -0.05) is 0 Å². The Balaban J connectivity index is 2.78. The number of nitrogens with zero attached hydrogens (tertiary/aromatic N) is 1. The minimum atomic E-state index is -0.234. The van der Waals surface area contributed by atoms with Gasteiger partial charge in [0.15, 0.2) is 0 Å². The van der Waals surface area contributed by atoms with E-state index in [9.17, 15) is 4.79 Å². The van der Waals surface area contributed by atoms with E-state index in [2.05, 4.69) is 15.9 Å². The molecule has 0 saturated heterocycles. The number of ether oxygens (including phenoxy) is 1. The van der Waals surface area contributed by atoms with E-state index in [1.807, 2.05) is 20.8 Å². The molecule has 4 heteroatoms. The number of hydrogen-bond acceptors (Lipinski definition) is 2. The summed E-state index contributed by atoms with van der Waals surface area (Å²) in [7, 11) is 0. The Kier molecular flexibility index (Phi) is 3.50. The molecule has 0 aromatic carbocycles. The molecule has 1 heterocycles. The average Bonchev–Trinajstić information content (AvgIpc) is 2.06. The molecule has 0 bridgehead atoms. The van der Waals surface area contributed by atoms with Gasteiger partial charge in [-0.05, 0) is 48.8 Å². The molecule has 0 spiro atoms. The summed E-state index contributed by atoms with van der Waals surface area (Å²) in [4.78, 5) is 11.5. The summed E-state index contributed by atoms with van der Waals surface area (Å²) in [5.74, 6) is 0. The highest BCUT2D eigenvalue weighted by molar-refractivity contribution is 9.10. The largest absolute Gasteiger partial charge is 0.355 e. The highest BCUT2D eigenvalue weighted by atomic mass is 79.9. The standard InChI is InChI=1S/C10H14BrNO2/c1-10(2,3)14-7-12-6-4-5-8(11)9(12)13/h4-6H,7H2,1-3H3. The molecule has 0 unspecified atom stereocenters. The summed E-state index contributed by atoms with van der Waals surface area (Å²) >= 11 is 3.18. The zero-order valence-electron chi connectivity index (χ0n) is 8.58. The molecule has 0 amide bonds. The SMILES string of the molecule is CC(C)(C)OCn1cccc(Br)c1=O. The molecule has 0 saturated carbocycles. The topological polar surface area (TPSA) is 31.2 Å². The number of hydrogen-bond donors (Lipinski definition) is 0. The second-order valence-corrected chi connectivity index (χ2v) is 4.87. The predicted molar refractivity (Wildman–Crippen MR) is 59.2 cm³/mol. The van der Waals surface area contributed by atoms with Crippen molar-refractivity contribution in [3.63, 3.8) is 0 Å². The third-order valence-electron chi connectivity index (χ3n) is 1.61. The van der Waals surface area contributed by atoms with Crippen LogP contribution in [-0.4, -0.2) is 10.2 Å². The first-order valence-electron chi connectivity index (χ1n) is 4.39. The van der Waals surface area contributed by atoms with Gasteiger partial charge in [0.05, 0.1) is 10.1 Å². The molecule has 14 heavy (non-hydrogen) atoms. The molecule has 0 aliphatic rings. The van der Waals surface area contributed by atoms with Gasteiger partial charge in [0.25, 0.3) is 5.56 Å². The third-order valence-corrected chi connectivity index (χ3v) is 2.21. The number of rotatable bonds is 2. The molecule has 1 aromatic heterocycles. The minimum Gasteiger partial charge on any atom is -0.355 e. The first-order chi connectivity index (χ1) is 6.40. The van der Waals surface area contributed by atoms with Crippen molar-refractivity contribution in [3.8, 4) is 0 Å². The van der Waals surface area contributed by atoms with Gasteiger partial charge in [0, 0.05) is 6.20 Å². The molecule has 78 valence electrons. The molecule has 0 N–H and O–H groups in total. The summed E-state index contributed by atoms with van der Waals surface area (Å²) in [6.45, 7) is 6.14. The lowest BCUT2D eigenvalue weighted by Crippen LogP contribution is -2.27. The first-order valence-corrected chi connectivity index (χ1v) is 5.18. The van der Waals surface area contributed by atoms with Crippen molar-refractivity contribution in [3.05, 3.63) is 33.2 Å². The second-order valence-electron chi connectivity index (χ2n) is 4.02. The highest BCUT2D eigenvalue weighted by Gasteiger charge is 2.10. The summed E-state index contributed by atoms with van der Waals surface area (Å²) < 4.78 is 7.57. The molecule has 0 aliphatic carbocycles. The normalized spacial score (nSPS) is 11.7. The predicted octanol–water partition coefficient (Wildman–Crippen LogP) is 2.38. The Hall–Kier alpha value is -0.610. The average molecular weight is 260 g/mol. The Morgan fingerprint density at radius 3 is 2.71 bits per heavy atom. The Bertz CT molecular complexity index is 365. The molecule has 0 atom stereocenters. The van der Waals surface area contributed by atoms with Gasteiger partial charge in [0.2, 0.25) is 0 Å². The molecule has 1 rings (SSSR count). The molecular formula is C10H14BrNO2. The highest BCUT2D eigenvalue weighted by Crippen LogP contribution is 2.08. The van der Waals surface area contributed by atoms with E-state index in [1.165, 1.54) is 4.57 Å². The van der Waals surface area contributed by atoms with Crippen molar-refractivity contribution in [2.24, 2.45) is 0 Å². The molecule has 0 fully saturated rings. The Morgan fingerprint density at radius 1 is 1.50 bits per heavy atom. The van der Waals surface area contributed by atoms with E-state index < -0.39 is 0 Å².